The molecule has 0 saturated carbocycles. The summed E-state index contributed by atoms with van der Waals surface area (Å²) in [5.74, 6) is 0.501. The van der Waals surface area contributed by atoms with Gasteiger partial charge in [0.1, 0.15) is 11.6 Å². The molecular weight excluding hydrogens is 341 g/mol. The molecule has 0 aliphatic carbocycles. The van der Waals surface area contributed by atoms with Crippen LogP contribution in [0.2, 0.25) is 0 Å². The number of hydrogen-bond donors (Lipinski definition) is 1. The molecule has 1 heterocycles. The number of nitrogens with one attached hydrogen (secondary N) is 1. The van der Waals surface area contributed by atoms with Gasteiger partial charge in [0, 0.05) is 5.69 Å². The van der Waals surface area contributed by atoms with Gasteiger partial charge in [-0.05, 0) is 62.2 Å². The van der Waals surface area contributed by atoms with Crippen molar-refractivity contribution < 1.29 is 8.81 Å². The summed E-state index contributed by atoms with van der Waals surface area (Å²) in [6, 6.07) is 8.56. The summed E-state index contributed by atoms with van der Waals surface area (Å²) >= 11 is 6.32. The summed E-state index contributed by atoms with van der Waals surface area (Å²) in [6.45, 7) is 0.521. The first kappa shape index (κ1) is 11.7. The van der Waals surface area contributed by atoms with Crippen LogP contribution in [0.15, 0.2) is 43.9 Å². The average Bonchev–Trinajstić information content (AvgIpc) is 2.66. The number of rotatable bonds is 3. The third-order valence-corrected chi connectivity index (χ3v) is 3.08. The minimum atomic E-state index is -0.286. The average molecular weight is 349 g/mol. The first-order valence-corrected chi connectivity index (χ1v) is 6.17. The lowest BCUT2D eigenvalue weighted by Gasteiger charge is -2.04. The van der Waals surface area contributed by atoms with Gasteiger partial charge in [0.15, 0.2) is 4.67 Å². The lowest BCUT2D eigenvalue weighted by molar-refractivity contribution is 0.495. The van der Waals surface area contributed by atoms with Crippen molar-refractivity contribution in [2.24, 2.45) is 0 Å². The molecule has 0 fully saturated rings. The predicted molar refractivity (Wildman–Crippen MR) is 67.8 cm³/mol. The van der Waals surface area contributed by atoms with Gasteiger partial charge in [-0.25, -0.2) is 4.39 Å². The van der Waals surface area contributed by atoms with E-state index in [9.17, 15) is 4.39 Å². The Balaban J connectivity index is 2.02. The Kier molecular flexibility index (Phi) is 3.66. The molecule has 2 nitrogen and oxygen atoms in total. The van der Waals surface area contributed by atoms with E-state index in [1.807, 2.05) is 12.1 Å². The molecule has 0 radical (unpaired) electrons. The first-order chi connectivity index (χ1) is 7.65. The summed E-state index contributed by atoms with van der Waals surface area (Å²) < 4.78 is 19.6. The van der Waals surface area contributed by atoms with E-state index in [0.29, 0.717) is 21.4 Å². The molecule has 0 aliphatic rings. The fraction of sp³-hybridized carbons (Fsp3) is 0.0909. The van der Waals surface area contributed by atoms with Crippen molar-refractivity contribution >= 4 is 37.5 Å². The summed E-state index contributed by atoms with van der Waals surface area (Å²) in [5, 5.41) is 3.07. The van der Waals surface area contributed by atoms with Gasteiger partial charge in [0.05, 0.1) is 11.0 Å². The van der Waals surface area contributed by atoms with Gasteiger partial charge in [-0.15, -0.1) is 0 Å². The highest BCUT2D eigenvalue weighted by Gasteiger charge is 2.02. The second kappa shape index (κ2) is 5.01. The highest BCUT2D eigenvalue weighted by molar-refractivity contribution is 9.10. The second-order valence-corrected chi connectivity index (χ2v) is 4.82. The van der Waals surface area contributed by atoms with E-state index in [1.165, 1.54) is 6.07 Å². The molecule has 0 spiro atoms. The molecule has 16 heavy (non-hydrogen) atoms. The zero-order valence-corrected chi connectivity index (χ0v) is 11.3. The van der Waals surface area contributed by atoms with E-state index in [1.54, 1.807) is 12.1 Å². The minimum absolute atomic E-state index is 0.286. The summed E-state index contributed by atoms with van der Waals surface area (Å²) in [4.78, 5) is 0. The van der Waals surface area contributed by atoms with Crippen LogP contribution >= 0.6 is 31.9 Å². The van der Waals surface area contributed by atoms with E-state index in [-0.39, 0.29) is 5.82 Å². The molecule has 0 atom stereocenters. The van der Waals surface area contributed by atoms with Crippen molar-refractivity contribution in [3.8, 4) is 0 Å². The van der Waals surface area contributed by atoms with Crippen LogP contribution in [-0.4, -0.2) is 0 Å². The van der Waals surface area contributed by atoms with Gasteiger partial charge in [-0.1, -0.05) is 0 Å². The van der Waals surface area contributed by atoms with Crippen LogP contribution < -0.4 is 5.32 Å². The third-order valence-electron chi connectivity index (χ3n) is 2.02. The second-order valence-electron chi connectivity index (χ2n) is 3.19. The Labute approximate surface area is 109 Å². The van der Waals surface area contributed by atoms with Crippen LogP contribution in [0.25, 0.3) is 0 Å². The SMILES string of the molecule is Fc1cc(NCc2ccc(Br)o2)ccc1Br. The monoisotopic (exact) mass is 347 g/mol. The van der Waals surface area contributed by atoms with Crippen LogP contribution in [0, 0.1) is 5.82 Å². The lowest BCUT2D eigenvalue weighted by atomic mass is 10.3. The van der Waals surface area contributed by atoms with Gasteiger partial charge < -0.3 is 9.73 Å². The van der Waals surface area contributed by atoms with Gasteiger partial charge >= 0.3 is 0 Å². The van der Waals surface area contributed by atoms with Crippen molar-refractivity contribution in [3.63, 3.8) is 0 Å². The molecule has 0 unspecified atom stereocenters. The van der Waals surface area contributed by atoms with Crippen molar-refractivity contribution in [2.45, 2.75) is 6.54 Å². The number of halogens is 3. The zero-order valence-electron chi connectivity index (χ0n) is 8.14. The largest absolute Gasteiger partial charge is 0.452 e. The molecule has 0 aliphatic heterocycles. The topological polar surface area (TPSA) is 25.2 Å². The molecule has 5 heteroatoms. The maximum absolute atomic E-state index is 13.2. The van der Waals surface area contributed by atoms with Gasteiger partial charge in [-0.3, -0.25) is 0 Å². The Morgan fingerprint density at radius 2 is 2.00 bits per heavy atom. The molecule has 1 N–H and O–H groups in total. The standard InChI is InChI=1S/C11H8Br2FNO/c12-9-3-1-7(5-10(9)14)15-6-8-2-4-11(13)16-8/h1-5,15H,6H2. The maximum Gasteiger partial charge on any atom is 0.169 e. The molecule has 0 saturated heterocycles. The molecule has 0 bridgehead atoms. The third kappa shape index (κ3) is 2.86. The van der Waals surface area contributed by atoms with Gasteiger partial charge in [0.2, 0.25) is 0 Å². The number of hydrogen-bond acceptors (Lipinski definition) is 2. The fourth-order valence-corrected chi connectivity index (χ4v) is 1.83. The van der Waals surface area contributed by atoms with E-state index in [4.69, 9.17) is 4.42 Å². The van der Waals surface area contributed by atoms with E-state index in [0.717, 1.165) is 5.76 Å². The van der Waals surface area contributed by atoms with E-state index >= 15 is 0 Å². The fourth-order valence-electron chi connectivity index (χ4n) is 1.24. The first-order valence-electron chi connectivity index (χ1n) is 4.58. The molecule has 2 aromatic rings. The molecule has 84 valence electrons. The summed E-state index contributed by atoms with van der Waals surface area (Å²) in [7, 11) is 0. The van der Waals surface area contributed by atoms with Crippen LogP contribution in [0.5, 0.6) is 0 Å². The lowest BCUT2D eigenvalue weighted by Crippen LogP contribution is -1.98. The minimum Gasteiger partial charge on any atom is -0.452 e. The molecule has 2 rings (SSSR count). The molecule has 1 aromatic carbocycles. The zero-order chi connectivity index (χ0) is 11.5. The smallest absolute Gasteiger partial charge is 0.169 e. The predicted octanol–water partition coefficient (Wildman–Crippen LogP) is 4.56. The van der Waals surface area contributed by atoms with Crippen LogP contribution in [-0.2, 0) is 6.54 Å². The van der Waals surface area contributed by atoms with Crippen LogP contribution in [0.3, 0.4) is 0 Å². The Hall–Kier alpha value is -0.810. The van der Waals surface area contributed by atoms with E-state index in [2.05, 4.69) is 37.2 Å². The van der Waals surface area contributed by atoms with Gasteiger partial charge in [-0.2, -0.15) is 0 Å². The molecular formula is C11H8Br2FNO. The summed E-state index contributed by atoms with van der Waals surface area (Å²) in [6.07, 6.45) is 0. The number of anilines is 1. The van der Waals surface area contributed by atoms with Crippen LogP contribution in [0.4, 0.5) is 10.1 Å². The molecule has 0 amide bonds. The van der Waals surface area contributed by atoms with E-state index < -0.39 is 0 Å². The molecule has 1 aromatic heterocycles. The normalized spacial score (nSPS) is 10.4. The number of furan rings is 1. The quantitative estimate of drug-likeness (QED) is 0.879. The van der Waals surface area contributed by atoms with Crippen LogP contribution in [0.1, 0.15) is 5.76 Å². The highest BCUT2D eigenvalue weighted by Crippen LogP contribution is 2.20. The Bertz CT molecular complexity index is 498. The van der Waals surface area contributed by atoms with Crippen molar-refractivity contribution in [1.82, 2.24) is 0 Å². The van der Waals surface area contributed by atoms with Crippen molar-refractivity contribution in [3.05, 3.63) is 51.1 Å². The van der Waals surface area contributed by atoms with Crippen molar-refractivity contribution in [2.75, 3.05) is 5.32 Å². The number of benzene rings is 1. The summed E-state index contributed by atoms with van der Waals surface area (Å²) in [5.41, 5.74) is 0.716. The Morgan fingerprint density at radius 3 is 2.62 bits per heavy atom. The highest BCUT2D eigenvalue weighted by atomic mass is 79.9. The van der Waals surface area contributed by atoms with Crippen molar-refractivity contribution in [1.29, 1.82) is 0 Å². The Morgan fingerprint density at radius 1 is 1.19 bits per heavy atom. The van der Waals surface area contributed by atoms with Gasteiger partial charge in [0.25, 0.3) is 0 Å². The maximum atomic E-state index is 13.2.